The number of morpholine rings is 1. The molecule has 1 aliphatic heterocycles. The standard InChI is InChI=1S/C25H29N5O4/c1-33-23-4-2-3-19(15-23)18-30(10-9-24(31)29-11-13-34-14-12-29)25(32)28-22-7-5-20(6-8-22)21-16-26-27-17-21/h2-8,15-17H,9-14,18H2,1H3,(H,26,27)(H,28,32). The molecule has 1 aromatic heterocycles. The van der Waals surface area contributed by atoms with E-state index in [9.17, 15) is 9.59 Å². The first-order valence-electron chi connectivity index (χ1n) is 11.3. The van der Waals surface area contributed by atoms with Crippen molar-refractivity contribution in [1.82, 2.24) is 20.0 Å². The van der Waals surface area contributed by atoms with Crippen molar-refractivity contribution < 1.29 is 19.1 Å². The van der Waals surface area contributed by atoms with E-state index in [1.165, 1.54) is 0 Å². The summed E-state index contributed by atoms with van der Waals surface area (Å²) < 4.78 is 10.6. The summed E-state index contributed by atoms with van der Waals surface area (Å²) in [5, 5.41) is 9.71. The summed E-state index contributed by atoms with van der Waals surface area (Å²) in [7, 11) is 1.61. The molecule has 0 atom stereocenters. The lowest BCUT2D eigenvalue weighted by molar-refractivity contribution is -0.135. The van der Waals surface area contributed by atoms with Crippen LogP contribution < -0.4 is 10.1 Å². The molecule has 178 valence electrons. The maximum Gasteiger partial charge on any atom is 0.322 e. The van der Waals surface area contributed by atoms with Gasteiger partial charge in [-0.3, -0.25) is 9.89 Å². The Balaban J connectivity index is 1.44. The van der Waals surface area contributed by atoms with Gasteiger partial charge in [-0.2, -0.15) is 5.10 Å². The molecule has 34 heavy (non-hydrogen) atoms. The Morgan fingerprint density at radius 2 is 1.94 bits per heavy atom. The highest BCUT2D eigenvalue weighted by atomic mass is 16.5. The highest BCUT2D eigenvalue weighted by molar-refractivity contribution is 5.90. The third kappa shape index (κ3) is 6.14. The number of aromatic amines is 1. The van der Waals surface area contributed by atoms with Crippen LogP contribution in [-0.2, 0) is 16.1 Å². The average Bonchev–Trinajstić information content (AvgIpc) is 3.42. The molecular formula is C25H29N5O4. The smallest absolute Gasteiger partial charge is 0.322 e. The van der Waals surface area contributed by atoms with Crippen LogP contribution in [0.15, 0.2) is 60.9 Å². The molecule has 0 unspecified atom stereocenters. The van der Waals surface area contributed by atoms with Crippen LogP contribution in [0.3, 0.4) is 0 Å². The zero-order valence-corrected chi connectivity index (χ0v) is 19.2. The summed E-state index contributed by atoms with van der Waals surface area (Å²) in [6, 6.07) is 14.9. The topological polar surface area (TPSA) is 99.8 Å². The van der Waals surface area contributed by atoms with Gasteiger partial charge in [0.2, 0.25) is 5.91 Å². The molecule has 2 aromatic carbocycles. The molecule has 0 radical (unpaired) electrons. The molecule has 1 saturated heterocycles. The first-order valence-corrected chi connectivity index (χ1v) is 11.3. The Kier molecular flexibility index (Phi) is 7.77. The van der Waals surface area contributed by atoms with Crippen molar-refractivity contribution in [2.75, 3.05) is 45.3 Å². The van der Waals surface area contributed by atoms with Gasteiger partial charge >= 0.3 is 6.03 Å². The molecule has 1 aliphatic rings. The molecule has 9 heteroatoms. The van der Waals surface area contributed by atoms with Crippen molar-refractivity contribution >= 4 is 17.6 Å². The molecule has 0 spiro atoms. The van der Waals surface area contributed by atoms with Crippen LogP contribution in [0.4, 0.5) is 10.5 Å². The number of hydrogen-bond acceptors (Lipinski definition) is 5. The molecule has 0 aliphatic carbocycles. The predicted octanol–water partition coefficient (Wildman–Crippen LogP) is 3.37. The third-order valence-corrected chi connectivity index (χ3v) is 5.72. The van der Waals surface area contributed by atoms with E-state index in [2.05, 4.69) is 15.5 Å². The number of methoxy groups -OCH3 is 1. The van der Waals surface area contributed by atoms with Gasteiger partial charge in [0, 0.05) is 50.0 Å². The summed E-state index contributed by atoms with van der Waals surface area (Å²) in [5.74, 6) is 0.744. The second-order valence-corrected chi connectivity index (χ2v) is 8.01. The molecule has 1 fully saturated rings. The molecular weight excluding hydrogens is 434 g/mol. The van der Waals surface area contributed by atoms with Gasteiger partial charge in [-0.05, 0) is 35.4 Å². The van der Waals surface area contributed by atoms with E-state index in [0.29, 0.717) is 45.1 Å². The first kappa shape index (κ1) is 23.3. The van der Waals surface area contributed by atoms with Crippen molar-refractivity contribution in [3.8, 4) is 16.9 Å². The van der Waals surface area contributed by atoms with E-state index >= 15 is 0 Å². The van der Waals surface area contributed by atoms with Crippen molar-refractivity contribution in [3.63, 3.8) is 0 Å². The molecule has 9 nitrogen and oxygen atoms in total. The maximum atomic E-state index is 13.2. The Hall–Kier alpha value is -3.85. The van der Waals surface area contributed by atoms with Gasteiger partial charge < -0.3 is 24.6 Å². The minimum Gasteiger partial charge on any atom is -0.497 e. The number of nitrogens with one attached hydrogen (secondary N) is 2. The zero-order valence-electron chi connectivity index (χ0n) is 19.2. The highest BCUT2D eigenvalue weighted by Gasteiger charge is 2.20. The summed E-state index contributed by atoms with van der Waals surface area (Å²) >= 11 is 0. The van der Waals surface area contributed by atoms with Gasteiger partial charge in [0.05, 0.1) is 26.5 Å². The van der Waals surface area contributed by atoms with Crippen molar-refractivity contribution in [2.24, 2.45) is 0 Å². The number of amides is 3. The Morgan fingerprint density at radius 1 is 1.15 bits per heavy atom. The van der Waals surface area contributed by atoms with E-state index < -0.39 is 0 Å². The Morgan fingerprint density at radius 3 is 2.65 bits per heavy atom. The minimum absolute atomic E-state index is 0.0243. The van der Waals surface area contributed by atoms with Crippen LogP contribution in [0.2, 0.25) is 0 Å². The highest BCUT2D eigenvalue weighted by Crippen LogP contribution is 2.21. The number of carbonyl (C=O) groups excluding carboxylic acids is 2. The van der Waals surface area contributed by atoms with Crippen molar-refractivity contribution in [1.29, 1.82) is 0 Å². The van der Waals surface area contributed by atoms with Gasteiger partial charge in [0.15, 0.2) is 0 Å². The second kappa shape index (κ2) is 11.3. The van der Waals surface area contributed by atoms with Gasteiger partial charge in [0.25, 0.3) is 0 Å². The normalized spacial score (nSPS) is 13.4. The Labute approximate surface area is 198 Å². The number of anilines is 1. The van der Waals surface area contributed by atoms with Crippen LogP contribution in [0, 0.1) is 0 Å². The number of benzene rings is 2. The molecule has 0 bridgehead atoms. The van der Waals surface area contributed by atoms with Gasteiger partial charge in [0.1, 0.15) is 5.75 Å². The monoisotopic (exact) mass is 463 g/mol. The van der Waals surface area contributed by atoms with E-state index in [-0.39, 0.29) is 18.4 Å². The third-order valence-electron chi connectivity index (χ3n) is 5.72. The number of ether oxygens (including phenoxy) is 2. The van der Waals surface area contributed by atoms with Crippen LogP contribution in [0.1, 0.15) is 12.0 Å². The first-order chi connectivity index (χ1) is 16.6. The lowest BCUT2D eigenvalue weighted by Gasteiger charge is -2.28. The number of nitrogens with zero attached hydrogens (tertiary/aromatic N) is 3. The second-order valence-electron chi connectivity index (χ2n) is 8.01. The van der Waals surface area contributed by atoms with Crippen molar-refractivity contribution in [2.45, 2.75) is 13.0 Å². The van der Waals surface area contributed by atoms with E-state index in [0.717, 1.165) is 22.4 Å². The SMILES string of the molecule is COc1cccc(CN(CCC(=O)N2CCOCC2)C(=O)Nc2ccc(-c3cn[nH]c3)cc2)c1. The van der Waals surface area contributed by atoms with Gasteiger partial charge in [-0.15, -0.1) is 0 Å². The molecule has 4 rings (SSSR count). The largest absolute Gasteiger partial charge is 0.497 e. The lowest BCUT2D eigenvalue weighted by atomic mass is 10.1. The molecule has 0 saturated carbocycles. The quantitative estimate of drug-likeness (QED) is 0.534. The molecule has 2 N–H and O–H groups in total. The number of urea groups is 1. The maximum absolute atomic E-state index is 13.2. The number of hydrogen-bond donors (Lipinski definition) is 2. The molecule has 3 amide bonds. The number of carbonyl (C=O) groups is 2. The summed E-state index contributed by atoms with van der Waals surface area (Å²) in [4.78, 5) is 29.3. The minimum atomic E-state index is -0.270. The predicted molar refractivity (Wildman–Crippen MR) is 128 cm³/mol. The van der Waals surface area contributed by atoms with Crippen LogP contribution >= 0.6 is 0 Å². The van der Waals surface area contributed by atoms with E-state index in [1.807, 2.05) is 54.7 Å². The van der Waals surface area contributed by atoms with Gasteiger partial charge in [-0.1, -0.05) is 24.3 Å². The van der Waals surface area contributed by atoms with Crippen LogP contribution in [0.25, 0.3) is 11.1 Å². The summed E-state index contributed by atoms with van der Waals surface area (Å²) in [6.45, 7) is 2.93. The fourth-order valence-corrected chi connectivity index (χ4v) is 3.80. The number of H-pyrrole nitrogens is 1. The summed E-state index contributed by atoms with van der Waals surface area (Å²) in [5.41, 5.74) is 3.56. The number of aromatic nitrogens is 2. The summed E-state index contributed by atoms with van der Waals surface area (Å²) in [6.07, 6.45) is 3.81. The van der Waals surface area contributed by atoms with Crippen molar-refractivity contribution in [3.05, 3.63) is 66.5 Å². The zero-order chi connectivity index (χ0) is 23.8. The fourth-order valence-electron chi connectivity index (χ4n) is 3.80. The Bertz CT molecular complexity index is 1080. The number of rotatable bonds is 8. The fraction of sp³-hybridized carbons (Fsp3) is 0.320. The van der Waals surface area contributed by atoms with Gasteiger partial charge in [-0.25, -0.2) is 4.79 Å². The lowest BCUT2D eigenvalue weighted by Crippen LogP contribution is -2.43. The van der Waals surface area contributed by atoms with Crippen LogP contribution in [0.5, 0.6) is 5.75 Å². The average molecular weight is 464 g/mol. The molecule has 3 aromatic rings. The molecule has 2 heterocycles. The van der Waals surface area contributed by atoms with Crippen LogP contribution in [-0.4, -0.2) is 71.9 Å². The van der Waals surface area contributed by atoms with E-state index in [4.69, 9.17) is 9.47 Å². The van der Waals surface area contributed by atoms with E-state index in [1.54, 1.807) is 23.1 Å².